The molecule has 0 N–H and O–H groups in total. The van der Waals surface area contributed by atoms with E-state index in [0.29, 0.717) is 0 Å². The summed E-state index contributed by atoms with van der Waals surface area (Å²) in [5.74, 6) is -0.0565. The first-order chi connectivity index (χ1) is 6.34. The van der Waals surface area contributed by atoms with E-state index in [1.165, 1.54) is 19.3 Å². The van der Waals surface area contributed by atoms with Crippen LogP contribution in [0.2, 0.25) is 0 Å². The van der Waals surface area contributed by atoms with Crippen molar-refractivity contribution < 1.29 is 5.11 Å². The van der Waals surface area contributed by atoms with Crippen molar-refractivity contribution >= 4 is 0 Å². The van der Waals surface area contributed by atoms with E-state index in [0.717, 1.165) is 18.4 Å². The van der Waals surface area contributed by atoms with Gasteiger partial charge in [-0.3, -0.25) is 5.11 Å². The number of rotatable bonds is 5. The van der Waals surface area contributed by atoms with Crippen LogP contribution < -0.4 is 0 Å². The van der Waals surface area contributed by atoms with Crippen LogP contribution in [0.3, 0.4) is 0 Å². The molecular formula is C11H16NO. The first kappa shape index (κ1) is 10.0. The fourth-order valence-corrected chi connectivity index (χ4v) is 1.36. The van der Waals surface area contributed by atoms with Crippen LogP contribution >= 0.6 is 0 Å². The Morgan fingerprint density at radius 2 is 2.15 bits per heavy atom. The average molecular weight is 178 g/mol. The number of unbranched alkanes of at least 4 members (excludes halogenated alkanes) is 3. The minimum absolute atomic E-state index is 0.0565. The third-order valence-electron chi connectivity index (χ3n) is 2.15. The van der Waals surface area contributed by atoms with Gasteiger partial charge in [-0.2, -0.15) is 0 Å². The van der Waals surface area contributed by atoms with Gasteiger partial charge in [0.1, 0.15) is 0 Å². The van der Waals surface area contributed by atoms with Crippen LogP contribution in [-0.2, 0) is 11.5 Å². The predicted octanol–water partition coefficient (Wildman–Crippen LogP) is 3.35. The molecule has 71 valence electrons. The molecule has 1 aromatic rings. The molecule has 0 bridgehead atoms. The Kier molecular flexibility index (Phi) is 4.30. The molecule has 0 amide bonds. The zero-order chi connectivity index (χ0) is 9.52. The summed E-state index contributed by atoms with van der Waals surface area (Å²) in [4.78, 5) is 3.72. The standard InChI is InChI=1S/C11H16NO/c1-2-3-4-5-7-10-8-6-9-12-11(10)13/h6,8-9H,2-5,7H2,1H3. The highest BCUT2D eigenvalue weighted by atomic mass is 16.3. The van der Waals surface area contributed by atoms with Crippen LogP contribution in [0.1, 0.15) is 38.2 Å². The Labute approximate surface area is 79.6 Å². The molecule has 2 nitrogen and oxygen atoms in total. The van der Waals surface area contributed by atoms with Gasteiger partial charge in [-0.1, -0.05) is 32.3 Å². The van der Waals surface area contributed by atoms with Crippen molar-refractivity contribution in [3.63, 3.8) is 0 Å². The predicted molar refractivity (Wildman–Crippen MR) is 52.2 cm³/mol. The second kappa shape index (κ2) is 5.57. The van der Waals surface area contributed by atoms with E-state index in [4.69, 9.17) is 0 Å². The minimum Gasteiger partial charge on any atom is -0.267 e. The molecule has 0 aliphatic carbocycles. The number of aryl methyl sites for hydroxylation is 1. The van der Waals surface area contributed by atoms with Crippen LogP contribution in [0.15, 0.2) is 18.3 Å². The minimum atomic E-state index is -0.0565. The normalized spacial score (nSPS) is 10.2. The third-order valence-corrected chi connectivity index (χ3v) is 2.15. The molecule has 0 saturated carbocycles. The highest BCUT2D eigenvalue weighted by Crippen LogP contribution is 2.16. The summed E-state index contributed by atoms with van der Waals surface area (Å²) in [6.45, 7) is 2.18. The molecule has 0 spiro atoms. The van der Waals surface area contributed by atoms with Gasteiger partial charge in [0.2, 0.25) is 0 Å². The summed E-state index contributed by atoms with van der Waals surface area (Å²) in [6, 6.07) is 3.71. The van der Waals surface area contributed by atoms with E-state index in [-0.39, 0.29) is 5.88 Å². The average Bonchev–Trinajstić information content (AvgIpc) is 2.15. The molecule has 0 fully saturated rings. The maximum Gasteiger partial charge on any atom is 0.272 e. The fraction of sp³-hybridized carbons (Fsp3) is 0.545. The third kappa shape index (κ3) is 3.45. The van der Waals surface area contributed by atoms with Gasteiger partial charge >= 0.3 is 0 Å². The summed E-state index contributed by atoms with van der Waals surface area (Å²) < 4.78 is 0. The molecule has 1 heterocycles. The molecule has 0 atom stereocenters. The molecule has 0 aliphatic heterocycles. The lowest BCUT2D eigenvalue weighted by atomic mass is 10.1. The van der Waals surface area contributed by atoms with Crippen molar-refractivity contribution in [1.29, 1.82) is 0 Å². The van der Waals surface area contributed by atoms with Gasteiger partial charge in [0.25, 0.3) is 5.88 Å². The maximum absolute atomic E-state index is 11.2. The number of hydrogen-bond donors (Lipinski definition) is 0. The van der Waals surface area contributed by atoms with Crippen molar-refractivity contribution in [3.8, 4) is 5.88 Å². The van der Waals surface area contributed by atoms with Crippen molar-refractivity contribution in [1.82, 2.24) is 4.98 Å². The van der Waals surface area contributed by atoms with Gasteiger partial charge in [-0.05, 0) is 18.9 Å². The molecule has 13 heavy (non-hydrogen) atoms. The van der Waals surface area contributed by atoms with E-state index >= 15 is 0 Å². The molecule has 1 aromatic heterocycles. The summed E-state index contributed by atoms with van der Waals surface area (Å²) in [5.41, 5.74) is 0.860. The quantitative estimate of drug-likeness (QED) is 0.636. The SMILES string of the molecule is CCCCCCc1cccnc1[O]. The molecule has 0 saturated heterocycles. The molecular weight excluding hydrogens is 162 g/mol. The summed E-state index contributed by atoms with van der Waals surface area (Å²) in [6.07, 6.45) is 7.25. The van der Waals surface area contributed by atoms with Crippen LogP contribution in [0.4, 0.5) is 0 Å². The van der Waals surface area contributed by atoms with Gasteiger partial charge < -0.3 is 0 Å². The first-order valence-corrected chi connectivity index (χ1v) is 4.95. The Morgan fingerprint density at radius 3 is 2.85 bits per heavy atom. The van der Waals surface area contributed by atoms with Crippen LogP contribution in [-0.4, -0.2) is 4.98 Å². The summed E-state index contributed by atoms with van der Waals surface area (Å²) in [7, 11) is 0. The number of aromatic nitrogens is 1. The number of pyridine rings is 1. The van der Waals surface area contributed by atoms with E-state index in [9.17, 15) is 5.11 Å². The molecule has 0 unspecified atom stereocenters. The largest absolute Gasteiger partial charge is 0.272 e. The van der Waals surface area contributed by atoms with Crippen LogP contribution in [0, 0.1) is 0 Å². The topological polar surface area (TPSA) is 32.8 Å². The molecule has 2 heteroatoms. The van der Waals surface area contributed by atoms with E-state index < -0.39 is 0 Å². The fourth-order valence-electron chi connectivity index (χ4n) is 1.36. The lowest BCUT2D eigenvalue weighted by molar-refractivity contribution is 0.331. The van der Waals surface area contributed by atoms with Crippen LogP contribution in [0.5, 0.6) is 5.88 Å². The number of hydrogen-bond acceptors (Lipinski definition) is 1. The Bertz CT molecular complexity index is 248. The van der Waals surface area contributed by atoms with Crippen molar-refractivity contribution in [2.24, 2.45) is 0 Å². The lowest BCUT2D eigenvalue weighted by Gasteiger charge is -2.00. The highest BCUT2D eigenvalue weighted by molar-refractivity contribution is 5.23. The van der Waals surface area contributed by atoms with Crippen LogP contribution in [0.25, 0.3) is 0 Å². The van der Waals surface area contributed by atoms with Crippen molar-refractivity contribution in [2.75, 3.05) is 0 Å². The van der Waals surface area contributed by atoms with E-state index in [1.54, 1.807) is 6.20 Å². The zero-order valence-corrected chi connectivity index (χ0v) is 8.12. The van der Waals surface area contributed by atoms with Gasteiger partial charge in [0, 0.05) is 11.8 Å². The van der Waals surface area contributed by atoms with Crippen molar-refractivity contribution in [3.05, 3.63) is 23.9 Å². The second-order valence-electron chi connectivity index (χ2n) is 3.28. The van der Waals surface area contributed by atoms with Gasteiger partial charge in [-0.15, -0.1) is 0 Å². The Balaban J connectivity index is 2.32. The molecule has 0 aromatic carbocycles. The summed E-state index contributed by atoms with van der Waals surface area (Å²) in [5, 5.41) is 11.2. The van der Waals surface area contributed by atoms with Gasteiger partial charge in [0.15, 0.2) is 0 Å². The molecule has 1 radical (unpaired) electrons. The van der Waals surface area contributed by atoms with E-state index in [1.807, 2.05) is 12.1 Å². The Morgan fingerprint density at radius 1 is 1.31 bits per heavy atom. The molecule has 0 aliphatic rings. The van der Waals surface area contributed by atoms with Gasteiger partial charge in [-0.25, -0.2) is 4.98 Å². The van der Waals surface area contributed by atoms with Gasteiger partial charge in [0.05, 0.1) is 0 Å². The van der Waals surface area contributed by atoms with Crippen molar-refractivity contribution in [2.45, 2.75) is 39.0 Å². The second-order valence-corrected chi connectivity index (χ2v) is 3.28. The monoisotopic (exact) mass is 178 g/mol. The lowest BCUT2D eigenvalue weighted by Crippen LogP contribution is -1.87. The number of nitrogens with zero attached hydrogens (tertiary/aromatic N) is 1. The van der Waals surface area contributed by atoms with E-state index in [2.05, 4.69) is 11.9 Å². The Hall–Kier alpha value is -1.05. The first-order valence-electron chi connectivity index (χ1n) is 4.95. The summed E-state index contributed by atoms with van der Waals surface area (Å²) >= 11 is 0. The highest BCUT2D eigenvalue weighted by Gasteiger charge is 2.01. The molecule has 1 rings (SSSR count). The maximum atomic E-state index is 11.2. The smallest absolute Gasteiger partial charge is 0.267 e. The zero-order valence-electron chi connectivity index (χ0n) is 8.12.